The summed E-state index contributed by atoms with van der Waals surface area (Å²) in [6.45, 7) is 4.53. The topological polar surface area (TPSA) is 65.9 Å². The van der Waals surface area contributed by atoms with Crippen molar-refractivity contribution in [3.05, 3.63) is 23.9 Å². The van der Waals surface area contributed by atoms with Gasteiger partial charge in [-0.25, -0.2) is 4.98 Å². The SMILES string of the molecule is CCN(CCC#N)Cc1cccnc1N. The van der Waals surface area contributed by atoms with Gasteiger partial charge in [0.1, 0.15) is 5.82 Å². The zero-order chi connectivity index (χ0) is 11.1. The van der Waals surface area contributed by atoms with Gasteiger partial charge in [0.2, 0.25) is 0 Å². The lowest BCUT2D eigenvalue weighted by Crippen LogP contribution is -2.24. The number of nitrogen functional groups attached to an aromatic ring is 1. The van der Waals surface area contributed by atoms with Crippen molar-refractivity contribution in [1.82, 2.24) is 9.88 Å². The van der Waals surface area contributed by atoms with E-state index in [1.165, 1.54) is 0 Å². The van der Waals surface area contributed by atoms with Gasteiger partial charge in [0, 0.05) is 31.3 Å². The maximum atomic E-state index is 8.52. The van der Waals surface area contributed by atoms with E-state index >= 15 is 0 Å². The molecule has 4 heteroatoms. The van der Waals surface area contributed by atoms with Crippen LogP contribution in [0, 0.1) is 11.3 Å². The van der Waals surface area contributed by atoms with Crippen molar-refractivity contribution in [1.29, 1.82) is 5.26 Å². The molecule has 0 spiro atoms. The number of nitrogens with two attached hydrogens (primary N) is 1. The number of nitriles is 1. The molecule has 0 saturated heterocycles. The van der Waals surface area contributed by atoms with Gasteiger partial charge in [-0.3, -0.25) is 4.90 Å². The number of nitrogens with zero attached hydrogens (tertiary/aromatic N) is 3. The molecule has 0 fully saturated rings. The van der Waals surface area contributed by atoms with Gasteiger partial charge < -0.3 is 5.73 Å². The number of hydrogen-bond donors (Lipinski definition) is 1. The van der Waals surface area contributed by atoms with E-state index in [4.69, 9.17) is 11.0 Å². The molecule has 0 unspecified atom stereocenters. The molecule has 0 saturated carbocycles. The Hall–Kier alpha value is -1.60. The highest BCUT2D eigenvalue weighted by Gasteiger charge is 2.05. The minimum Gasteiger partial charge on any atom is -0.383 e. The van der Waals surface area contributed by atoms with Crippen LogP contribution >= 0.6 is 0 Å². The highest BCUT2D eigenvalue weighted by molar-refractivity contribution is 5.38. The molecular formula is C11H16N4. The zero-order valence-electron chi connectivity index (χ0n) is 8.98. The molecule has 2 N–H and O–H groups in total. The van der Waals surface area contributed by atoms with Crippen LogP contribution in [0.3, 0.4) is 0 Å². The molecule has 80 valence electrons. The van der Waals surface area contributed by atoms with E-state index in [9.17, 15) is 0 Å². The van der Waals surface area contributed by atoms with Crippen LogP contribution in [-0.2, 0) is 6.54 Å². The molecule has 0 radical (unpaired) electrons. The minimum atomic E-state index is 0.550. The molecule has 0 aliphatic heterocycles. The van der Waals surface area contributed by atoms with E-state index < -0.39 is 0 Å². The summed E-state index contributed by atoms with van der Waals surface area (Å²) in [6, 6.07) is 5.99. The van der Waals surface area contributed by atoms with Crippen molar-refractivity contribution in [3.8, 4) is 6.07 Å². The second-order valence-electron chi connectivity index (χ2n) is 3.32. The molecule has 0 aliphatic rings. The van der Waals surface area contributed by atoms with Crippen molar-refractivity contribution >= 4 is 5.82 Å². The number of hydrogen-bond acceptors (Lipinski definition) is 4. The van der Waals surface area contributed by atoms with Crippen LogP contribution in [0.25, 0.3) is 0 Å². The van der Waals surface area contributed by atoms with Gasteiger partial charge in [-0.15, -0.1) is 0 Å². The number of aromatic nitrogens is 1. The van der Waals surface area contributed by atoms with Gasteiger partial charge in [-0.2, -0.15) is 5.26 Å². The highest BCUT2D eigenvalue weighted by Crippen LogP contribution is 2.10. The molecule has 0 aromatic carbocycles. The Balaban J connectivity index is 2.59. The Morgan fingerprint density at radius 2 is 2.40 bits per heavy atom. The first-order valence-electron chi connectivity index (χ1n) is 5.06. The van der Waals surface area contributed by atoms with Crippen molar-refractivity contribution in [2.45, 2.75) is 19.9 Å². The van der Waals surface area contributed by atoms with Gasteiger partial charge in [-0.05, 0) is 12.6 Å². The van der Waals surface area contributed by atoms with E-state index in [1.807, 2.05) is 12.1 Å². The Morgan fingerprint density at radius 3 is 3.00 bits per heavy atom. The fourth-order valence-corrected chi connectivity index (χ4v) is 1.38. The van der Waals surface area contributed by atoms with Crippen LogP contribution in [-0.4, -0.2) is 23.0 Å². The van der Waals surface area contributed by atoms with Crippen LogP contribution in [0.2, 0.25) is 0 Å². The summed E-state index contributed by atoms with van der Waals surface area (Å²) >= 11 is 0. The lowest BCUT2D eigenvalue weighted by molar-refractivity contribution is 0.287. The average Bonchev–Trinajstić information content (AvgIpc) is 2.26. The van der Waals surface area contributed by atoms with E-state index in [0.29, 0.717) is 12.2 Å². The van der Waals surface area contributed by atoms with Crippen LogP contribution in [0.5, 0.6) is 0 Å². The highest BCUT2D eigenvalue weighted by atomic mass is 15.1. The summed E-state index contributed by atoms with van der Waals surface area (Å²) in [4.78, 5) is 6.21. The second kappa shape index (κ2) is 5.99. The van der Waals surface area contributed by atoms with Crippen molar-refractivity contribution < 1.29 is 0 Å². The van der Waals surface area contributed by atoms with E-state index in [2.05, 4.69) is 22.9 Å². The summed E-state index contributed by atoms with van der Waals surface area (Å²) in [5, 5.41) is 8.52. The lowest BCUT2D eigenvalue weighted by Gasteiger charge is -2.19. The maximum absolute atomic E-state index is 8.52. The van der Waals surface area contributed by atoms with Crippen molar-refractivity contribution in [3.63, 3.8) is 0 Å². The van der Waals surface area contributed by atoms with E-state index in [0.717, 1.165) is 25.2 Å². The number of pyridine rings is 1. The fraction of sp³-hybridized carbons (Fsp3) is 0.455. The standard InChI is InChI=1S/C11H16N4/c1-2-15(8-4-6-12)9-10-5-3-7-14-11(10)13/h3,5,7H,2,4,8-9H2,1H3,(H2,13,14). The summed E-state index contributed by atoms with van der Waals surface area (Å²) in [7, 11) is 0. The molecule has 1 heterocycles. The first-order chi connectivity index (χ1) is 7.27. The Bertz CT molecular complexity index is 343. The van der Waals surface area contributed by atoms with Gasteiger partial charge in [0.05, 0.1) is 6.07 Å². The quantitative estimate of drug-likeness (QED) is 0.787. The Morgan fingerprint density at radius 1 is 1.60 bits per heavy atom. The van der Waals surface area contributed by atoms with Crippen molar-refractivity contribution in [2.24, 2.45) is 0 Å². The van der Waals surface area contributed by atoms with E-state index in [-0.39, 0.29) is 0 Å². The number of rotatable bonds is 5. The third kappa shape index (κ3) is 3.56. The number of anilines is 1. The van der Waals surface area contributed by atoms with Crippen LogP contribution in [0.4, 0.5) is 5.82 Å². The van der Waals surface area contributed by atoms with Gasteiger partial charge in [0.25, 0.3) is 0 Å². The molecule has 1 aromatic heterocycles. The molecule has 0 amide bonds. The molecule has 1 aromatic rings. The molecule has 0 aliphatic carbocycles. The third-order valence-electron chi connectivity index (χ3n) is 2.31. The summed E-state index contributed by atoms with van der Waals surface area (Å²) in [6.07, 6.45) is 2.23. The molecular weight excluding hydrogens is 188 g/mol. The first-order valence-corrected chi connectivity index (χ1v) is 5.06. The molecule has 4 nitrogen and oxygen atoms in total. The fourth-order valence-electron chi connectivity index (χ4n) is 1.38. The second-order valence-corrected chi connectivity index (χ2v) is 3.32. The van der Waals surface area contributed by atoms with Gasteiger partial charge in [0.15, 0.2) is 0 Å². The molecule has 0 bridgehead atoms. The maximum Gasteiger partial charge on any atom is 0.127 e. The monoisotopic (exact) mass is 204 g/mol. The smallest absolute Gasteiger partial charge is 0.127 e. The largest absolute Gasteiger partial charge is 0.383 e. The molecule has 1 rings (SSSR count). The van der Waals surface area contributed by atoms with E-state index in [1.54, 1.807) is 6.20 Å². The normalized spacial score (nSPS) is 10.2. The zero-order valence-corrected chi connectivity index (χ0v) is 8.98. The summed E-state index contributed by atoms with van der Waals surface area (Å²) in [5.74, 6) is 0.577. The average molecular weight is 204 g/mol. The lowest BCUT2D eigenvalue weighted by atomic mass is 10.2. The van der Waals surface area contributed by atoms with Crippen LogP contribution in [0.1, 0.15) is 18.9 Å². The van der Waals surface area contributed by atoms with Crippen LogP contribution in [0.15, 0.2) is 18.3 Å². The van der Waals surface area contributed by atoms with Crippen molar-refractivity contribution in [2.75, 3.05) is 18.8 Å². The summed E-state index contributed by atoms with van der Waals surface area (Å²) < 4.78 is 0. The predicted octanol–water partition coefficient (Wildman–Crippen LogP) is 1.40. The minimum absolute atomic E-state index is 0.550. The predicted molar refractivity (Wildman–Crippen MR) is 59.8 cm³/mol. The summed E-state index contributed by atoms with van der Waals surface area (Å²) in [5.41, 5.74) is 6.77. The van der Waals surface area contributed by atoms with Gasteiger partial charge >= 0.3 is 0 Å². The van der Waals surface area contributed by atoms with Gasteiger partial charge in [-0.1, -0.05) is 13.0 Å². The third-order valence-corrected chi connectivity index (χ3v) is 2.31. The Kier molecular flexibility index (Phi) is 4.58. The first kappa shape index (κ1) is 11.5. The molecule has 15 heavy (non-hydrogen) atoms. The van der Waals surface area contributed by atoms with Crippen LogP contribution < -0.4 is 5.73 Å². The molecule has 0 atom stereocenters. The Labute approximate surface area is 90.3 Å².